The average Bonchev–Trinajstić information content (AvgIpc) is 3.58. The minimum absolute atomic E-state index is 0.352. The van der Waals surface area contributed by atoms with E-state index in [0.717, 1.165) is 64.8 Å². The zero-order valence-corrected chi connectivity index (χ0v) is 16.5. The van der Waals surface area contributed by atoms with Crippen molar-refractivity contribution in [1.82, 2.24) is 10.2 Å². The predicted octanol–water partition coefficient (Wildman–Crippen LogP) is 3.42. The number of nitrogens with two attached hydrogens (primary N) is 1. The number of anilines is 1. The van der Waals surface area contributed by atoms with Crippen molar-refractivity contribution >= 4 is 22.5 Å². The number of morpholine rings is 1. The van der Waals surface area contributed by atoms with E-state index in [0.29, 0.717) is 24.7 Å². The molecular formula is C23H24N4O2. The van der Waals surface area contributed by atoms with Gasteiger partial charge in [-0.3, -0.25) is 4.79 Å². The van der Waals surface area contributed by atoms with E-state index in [2.05, 4.69) is 40.2 Å². The molecule has 3 aromatic rings. The van der Waals surface area contributed by atoms with Crippen LogP contribution in [0.3, 0.4) is 0 Å². The van der Waals surface area contributed by atoms with Gasteiger partial charge < -0.3 is 15.4 Å². The lowest BCUT2D eigenvalue weighted by molar-refractivity contribution is 0.0999. The maximum atomic E-state index is 12.1. The zero-order chi connectivity index (χ0) is 20.0. The summed E-state index contributed by atoms with van der Waals surface area (Å²) in [6.45, 7) is 5.16. The first-order valence-corrected chi connectivity index (χ1v) is 10.2. The van der Waals surface area contributed by atoms with E-state index in [1.807, 2.05) is 18.3 Å². The summed E-state index contributed by atoms with van der Waals surface area (Å²) in [5, 5.41) is 10.8. The Bertz CT molecular complexity index is 1100. The van der Waals surface area contributed by atoms with Crippen molar-refractivity contribution in [3.8, 4) is 11.1 Å². The Morgan fingerprint density at radius 1 is 1.17 bits per heavy atom. The average molecular weight is 388 g/mol. The highest BCUT2D eigenvalue weighted by Crippen LogP contribution is 2.47. The molecule has 1 aliphatic carbocycles. The molecule has 1 saturated heterocycles. The molecule has 0 atom stereocenters. The van der Waals surface area contributed by atoms with E-state index in [-0.39, 0.29) is 5.91 Å². The summed E-state index contributed by atoms with van der Waals surface area (Å²) >= 11 is 0. The molecule has 1 aromatic heterocycles. The molecule has 2 N–H and O–H groups in total. The van der Waals surface area contributed by atoms with Crippen molar-refractivity contribution < 1.29 is 9.53 Å². The first kappa shape index (κ1) is 18.1. The van der Waals surface area contributed by atoms with Crippen LogP contribution in [0.5, 0.6) is 0 Å². The lowest BCUT2D eigenvalue weighted by Crippen LogP contribution is -2.37. The molecule has 5 rings (SSSR count). The Hall–Kier alpha value is -2.99. The molecule has 1 saturated carbocycles. The lowest BCUT2D eigenvalue weighted by atomic mass is 9.88. The van der Waals surface area contributed by atoms with Gasteiger partial charge in [0, 0.05) is 29.4 Å². The van der Waals surface area contributed by atoms with Gasteiger partial charge in [0.05, 0.1) is 19.4 Å². The molecule has 6 nitrogen and oxygen atoms in total. The number of aromatic nitrogens is 2. The third-order valence-electron chi connectivity index (χ3n) is 5.95. The Morgan fingerprint density at radius 3 is 2.69 bits per heavy atom. The molecule has 0 unspecified atom stereocenters. The van der Waals surface area contributed by atoms with E-state index in [4.69, 9.17) is 10.5 Å². The first-order valence-electron chi connectivity index (χ1n) is 10.2. The molecule has 6 heteroatoms. The normalized spacial score (nSPS) is 16.9. The van der Waals surface area contributed by atoms with Crippen LogP contribution in [-0.2, 0) is 4.74 Å². The van der Waals surface area contributed by atoms with Crippen LogP contribution in [0.4, 0.5) is 5.82 Å². The number of ether oxygens (including phenoxy) is 1. The van der Waals surface area contributed by atoms with E-state index in [1.165, 1.54) is 0 Å². The minimum atomic E-state index is -0.352. The molecule has 0 radical (unpaired) electrons. The fourth-order valence-electron chi connectivity index (χ4n) is 4.36. The zero-order valence-electron chi connectivity index (χ0n) is 16.5. The molecule has 2 aliphatic rings. The number of primary amides is 1. The largest absolute Gasteiger partial charge is 0.378 e. The summed E-state index contributed by atoms with van der Waals surface area (Å²) in [7, 11) is 0. The van der Waals surface area contributed by atoms with Crippen LogP contribution < -0.4 is 10.6 Å². The fourth-order valence-corrected chi connectivity index (χ4v) is 4.36. The molecule has 2 heterocycles. The van der Waals surface area contributed by atoms with Crippen LogP contribution in [0.15, 0.2) is 36.5 Å². The fraction of sp³-hybridized carbons (Fsp3) is 0.348. The number of hydrogen-bond donors (Lipinski definition) is 1. The summed E-state index contributed by atoms with van der Waals surface area (Å²) in [4.78, 5) is 14.3. The van der Waals surface area contributed by atoms with Gasteiger partial charge in [-0.25, -0.2) is 0 Å². The quantitative estimate of drug-likeness (QED) is 0.741. The van der Waals surface area contributed by atoms with Crippen LogP contribution in [0, 0.1) is 6.92 Å². The van der Waals surface area contributed by atoms with Crippen molar-refractivity contribution in [2.75, 3.05) is 31.2 Å². The van der Waals surface area contributed by atoms with Crippen molar-refractivity contribution in [3.63, 3.8) is 0 Å². The number of fused-ring (bicyclic) bond motifs is 1. The second-order valence-electron chi connectivity index (χ2n) is 7.93. The van der Waals surface area contributed by atoms with Crippen molar-refractivity contribution in [2.45, 2.75) is 25.7 Å². The Labute approximate surface area is 169 Å². The SMILES string of the molecule is Cc1ccc(C(N)=O)c(C2CC2)c1-c1ccc2c(N3CCOCC3)nncc2c1. The van der Waals surface area contributed by atoms with Crippen molar-refractivity contribution in [1.29, 1.82) is 0 Å². The molecule has 1 aliphatic heterocycles. The highest BCUT2D eigenvalue weighted by Gasteiger charge is 2.31. The van der Waals surface area contributed by atoms with Gasteiger partial charge in [-0.05, 0) is 66.1 Å². The summed E-state index contributed by atoms with van der Waals surface area (Å²) in [5.41, 5.74) is 10.8. The summed E-state index contributed by atoms with van der Waals surface area (Å²) < 4.78 is 5.47. The van der Waals surface area contributed by atoms with E-state index in [9.17, 15) is 4.79 Å². The van der Waals surface area contributed by atoms with Gasteiger partial charge in [0.1, 0.15) is 0 Å². The second kappa shape index (κ2) is 7.12. The van der Waals surface area contributed by atoms with Gasteiger partial charge in [-0.15, -0.1) is 5.10 Å². The van der Waals surface area contributed by atoms with Crippen LogP contribution in [0.2, 0.25) is 0 Å². The third kappa shape index (κ3) is 3.23. The standard InChI is InChI=1S/C23H24N4O2/c1-14-2-6-19(22(24)28)21(15-3-4-15)20(14)16-5-7-18-17(12-16)13-25-26-23(18)27-8-10-29-11-9-27/h2,5-7,12-13,15H,3-4,8-11H2,1H3,(H2,24,28). The Morgan fingerprint density at radius 2 is 1.97 bits per heavy atom. The highest BCUT2D eigenvalue weighted by molar-refractivity contribution is 5.99. The molecule has 2 fully saturated rings. The van der Waals surface area contributed by atoms with E-state index >= 15 is 0 Å². The molecule has 148 valence electrons. The summed E-state index contributed by atoms with van der Waals surface area (Å²) in [6, 6.07) is 10.3. The first-order chi connectivity index (χ1) is 14.1. The minimum Gasteiger partial charge on any atom is -0.378 e. The van der Waals surface area contributed by atoms with Gasteiger partial charge in [-0.1, -0.05) is 12.1 Å². The maximum absolute atomic E-state index is 12.1. The van der Waals surface area contributed by atoms with Crippen LogP contribution >= 0.6 is 0 Å². The number of nitrogens with zero attached hydrogens (tertiary/aromatic N) is 3. The van der Waals surface area contributed by atoms with E-state index in [1.54, 1.807) is 0 Å². The van der Waals surface area contributed by atoms with Crippen molar-refractivity contribution in [3.05, 3.63) is 53.2 Å². The maximum Gasteiger partial charge on any atom is 0.249 e. The Balaban J connectivity index is 1.65. The second-order valence-corrected chi connectivity index (χ2v) is 7.93. The summed E-state index contributed by atoms with van der Waals surface area (Å²) in [6.07, 6.45) is 4.03. The lowest BCUT2D eigenvalue weighted by Gasteiger charge is -2.28. The molecule has 1 amide bonds. The molecular weight excluding hydrogens is 364 g/mol. The van der Waals surface area contributed by atoms with Crippen LogP contribution in [0.1, 0.15) is 40.2 Å². The van der Waals surface area contributed by atoms with Gasteiger partial charge in [-0.2, -0.15) is 5.10 Å². The van der Waals surface area contributed by atoms with Gasteiger partial charge in [0.2, 0.25) is 5.91 Å². The van der Waals surface area contributed by atoms with Crippen LogP contribution in [0.25, 0.3) is 21.9 Å². The number of aryl methyl sites for hydroxylation is 1. The highest BCUT2D eigenvalue weighted by atomic mass is 16.5. The van der Waals surface area contributed by atoms with E-state index < -0.39 is 0 Å². The smallest absolute Gasteiger partial charge is 0.249 e. The topological polar surface area (TPSA) is 81.3 Å². The number of hydrogen-bond acceptors (Lipinski definition) is 5. The third-order valence-corrected chi connectivity index (χ3v) is 5.95. The Kier molecular flexibility index (Phi) is 4.43. The van der Waals surface area contributed by atoms with Crippen LogP contribution in [-0.4, -0.2) is 42.4 Å². The number of rotatable bonds is 4. The monoisotopic (exact) mass is 388 g/mol. The number of benzene rings is 2. The van der Waals surface area contributed by atoms with Gasteiger partial charge >= 0.3 is 0 Å². The van der Waals surface area contributed by atoms with Gasteiger partial charge in [0.15, 0.2) is 5.82 Å². The van der Waals surface area contributed by atoms with Gasteiger partial charge in [0.25, 0.3) is 0 Å². The molecule has 29 heavy (non-hydrogen) atoms. The summed E-state index contributed by atoms with van der Waals surface area (Å²) in [5.74, 6) is 0.972. The van der Waals surface area contributed by atoms with Crippen molar-refractivity contribution in [2.24, 2.45) is 5.73 Å². The number of carbonyl (C=O) groups is 1. The molecule has 0 spiro atoms. The number of carbonyl (C=O) groups excluding carboxylic acids is 1. The molecule has 2 aromatic carbocycles. The number of amides is 1. The predicted molar refractivity (Wildman–Crippen MR) is 113 cm³/mol. The molecule has 0 bridgehead atoms.